The lowest BCUT2D eigenvalue weighted by atomic mass is 9.84. The standard InChI is InChI=1S/C22H23N7O4/c1-32-18-10-9-14(12-24-18)22(21-25-13-33-29-21,11-5-4-8-17(23)30)26-19-15-6-2-3-7-16(15)20(31)28-27-19/h2-3,6-7,9-10,12-13H,4-5,8,11H2,1H3,(H2,23,30)(H,26,27)(H,28,31). The molecule has 3 aromatic heterocycles. The molecule has 0 bridgehead atoms. The van der Waals surface area contributed by atoms with Gasteiger partial charge in [-0.1, -0.05) is 23.4 Å². The molecule has 0 saturated carbocycles. The third-order valence-corrected chi connectivity index (χ3v) is 5.43. The van der Waals surface area contributed by atoms with Gasteiger partial charge in [0.1, 0.15) is 5.54 Å². The summed E-state index contributed by atoms with van der Waals surface area (Å²) in [6.07, 6.45) is 4.79. The van der Waals surface area contributed by atoms with E-state index in [-0.39, 0.29) is 17.9 Å². The van der Waals surface area contributed by atoms with Gasteiger partial charge in [-0.15, -0.1) is 0 Å². The molecule has 4 aromatic rings. The van der Waals surface area contributed by atoms with Gasteiger partial charge in [0.2, 0.25) is 24.0 Å². The second-order valence-corrected chi connectivity index (χ2v) is 7.49. The van der Waals surface area contributed by atoms with Crippen LogP contribution in [0.3, 0.4) is 0 Å². The van der Waals surface area contributed by atoms with Crippen LogP contribution in [0.25, 0.3) is 10.8 Å². The molecule has 0 aliphatic rings. The molecule has 1 amide bonds. The lowest BCUT2D eigenvalue weighted by molar-refractivity contribution is -0.118. The number of pyridine rings is 1. The van der Waals surface area contributed by atoms with Gasteiger partial charge in [-0.05, 0) is 31.4 Å². The Morgan fingerprint density at radius 2 is 2.00 bits per heavy atom. The van der Waals surface area contributed by atoms with E-state index in [4.69, 9.17) is 15.0 Å². The van der Waals surface area contributed by atoms with E-state index in [0.717, 1.165) is 5.56 Å². The summed E-state index contributed by atoms with van der Waals surface area (Å²) in [6.45, 7) is 0. The van der Waals surface area contributed by atoms with Crippen LogP contribution in [0.4, 0.5) is 5.82 Å². The maximum Gasteiger partial charge on any atom is 0.272 e. The number of anilines is 1. The predicted molar refractivity (Wildman–Crippen MR) is 120 cm³/mol. The molecular formula is C22H23N7O4. The van der Waals surface area contributed by atoms with E-state index in [9.17, 15) is 9.59 Å². The molecule has 11 nitrogen and oxygen atoms in total. The van der Waals surface area contributed by atoms with E-state index in [1.807, 2.05) is 12.1 Å². The van der Waals surface area contributed by atoms with Crippen LogP contribution in [0.1, 0.15) is 37.1 Å². The number of nitrogens with one attached hydrogen (secondary N) is 2. The second-order valence-electron chi connectivity index (χ2n) is 7.49. The van der Waals surface area contributed by atoms with E-state index < -0.39 is 5.54 Å². The van der Waals surface area contributed by atoms with Gasteiger partial charge < -0.3 is 20.3 Å². The Morgan fingerprint density at radius 1 is 1.18 bits per heavy atom. The van der Waals surface area contributed by atoms with Crippen LogP contribution in [0.15, 0.2) is 58.3 Å². The second kappa shape index (κ2) is 9.47. The quantitative estimate of drug-likeness (QED) is 0.308. The lowest BCUT2D eigenvalue weighted by Gasteiger charge is -2.33. The van der Waals surface area contributed by atoms with Crippen molar-refractivity contribution in [2.24, 2.45) is 5.73 Å². The normalized spacial score (nSPS) is 12.9. The molecule has 1 aromatic carbocycles. The predicted octanol–water partition coefficient (Wildman–Crippen LogP) is 2.11. The molecule has 3 heterocycles. The van der Waals surface area contributed by atoms with Gasteiger partial charge in [0.15, 0.2) is 5.82 Å². The number of H-pyrrole nitrogens is 1. The number of aromatic nitrogens is 5. The first-order valence-corrected chi connectivity index (χ1v) is 10.3. The van der Waals surface area contributed by atoms with Gasteiger partial charge in [0.25, 0.3) is 5.56 Å². The number of hydrogen-bond acceptors (Lipinski definition) is 9. The number of amides is 1. The number of nitrogens with zero attached hydrogens (tertiary/aromatic N) is 4. The number of carbonyl (C=O) groups is 1. The zero-order valence-electron chi connectivity index (χ0n) is 17.9. The summed E-state index contributed by atoms with van der Waals surface area (Å²) >= 11 is 0. The number of primary amides is 1. The number of rotatable bonds is 10. The van der Waals surface area contributed by atoms with E-state index in [2.05, 4.69) is 30.6 Å². The van der Waals surface area contributed by atoms with Crippen molar-refractivity contribution in [2.45, 2.75) is 31.2 Å². The number of nitrogens with two attached hydrogens (primary N) is 1. The molecule has 0 spiro atoms. The van der Waals surface area contributed by atoms with Crippen molar-refractivity contribution in [3.8, 4) is 5.88 Å². The van der Waals surface area contributed by atoms with E-state index in [1.165, 1.54) is 13.5 Å². The highest BCUT2D eigenvalue weighted by molar-refractivity contribution is 5.91. The number of unbranched alkanes of at least 4 members (excludes halogenated alkanes) is 1. The smallest absolute Gasteiger partial charge is 0.272 e. The molecule has 1 atom stereocenters. The number of carbonyl (C=O) groups excluding carboxylic acids is 1. The minimum atomic E-state index is -1.03. The Balaban J connectivity index is 1.84. The van der Waals surface area contributed by atoms with Crippen LogP contribution in [0.2, 0.25) is 0 Å². The summed E-state index contributed by atoms with van der Waals surface area (Å²) in [6, 6.07) is 10.7. The lowest BCUT2D eigenvalue weighted by Crippen LogP contribution is -2.39. The van der Waals surface area contributed by atoms with Crippen molar-refractivity contribution in [1.82, 2.24) is 25.3 Å². The highest BCUT2D eigenvalue weighted by Gasteiger charge is 2.39. The maximum atomic E-state index is 12.3. The van der Waals surface area contributed by atoms with Crippen molar-refractivity contribution in [2.75, 3.05) is 12.4 Å². The monoisotopic (exact) mass is 449 g/mol. The Bertz CT molecular complexity index is 1290. The summed E-state index contributed by atoms with van der Waals surface area (Å²) in [5, 5.41) is 15.5. The SMILES string of the molecule is COc1ccc(C(CCCCC(N)=O)(Nc2n[nH]c(=O)c3ccccc23)c2ncon2)cn1. The van der Waals surface area contributed by atoms with Gasteiger partial charge in [0.05, 0.1) is 12.5 Å². The number of aromatic amines is 1. The largest absolute Gasteiger partial charge is 0.481 e. The van der Waals surface area contributed by atoms with Crippen molar-refractivity contribution in [3.63, 3.8) is 0 Å². The number of fused-ring (bicyclic) bond motifs is 1. The molecule has 170 valence electrons. The number of ether oxygens (including phenoxy) is 1. The molecule has 33 heavy (non-hydrogen) atoms. The van der Waals surface area contributed by atoms with Crippen molar-refractivity contribution in [1.29, 1.82) is 0 Å². The Morgan fingerprint density at radius 3 is 2.67 bits per heavy atom. The Hall–Kier alpha value is -4.28. The molecule has 4 N–H and O–H groups in total. The first-order valence-electron chi connectivity index (χ1n) is 10.3. The van der Waals surface area contributed by atoms with Gasteiger partial charge in [-0.3, -0.25) is 9.59 Å². The van der Waals surface area contributed by atoms with Crippen LogP contribution in [0.5, 0.6) is 5.88 Å². The van der Waals surface area contributed by atoms with Crippen molar-refractivity contribution >= 4 is 22.5 Å². The van der Waals surface area contributed by atoms with Crippen molar-refractivity contribution in [3.05, 3.63) is 70.7 Å². The maximum absolute atomic E-state index is 12.3. The zero-order chi connectivity index (χ0) is 23.3. The average molecular weight is 449 g/mol. The van der Waals surface area contributed by atoms with Gasteiger partial charge in [0, 0.05) is 29.6 Å². The first kappa shape index (κ1) is 21.9. The molecule has 11 heteroatoms. The number of benzene rings is 1. The molecule has 4 rings (SSSR count). The van der Waals surface area contributed by atoms with Gasteiger partial charge in [-0.25, -0.2) is 10.1 Å². The van der Waals surface area contributed by atoms with Crippen LogP contribution in [-0.4, -0.2) is 38.3 Å². The molecule has 0 saturated heterocycles. The molecule has 0 aliphatic carbocycles. The third kappa shape index (κ3) is 4.52. The number of hydrogen-bond donors (Lipinski definition) is 3. The summed E-state index contributed by atoms with van der Waals surface area (Å²) < 4.78 is 10.3. The minimum Gasteiger partial charge on any atom is -0.481 e. The highest BCUT2D eigenvalue weighted by Crippen LogP contribution is 2.37. The van der Waals surface area contributed by atoms with E-state index in [0.29, 0.717) is 47.6 Å². The van der Waals surface area contributed by atoms with E-state index >= 15 is 0 Å². The molecule has 0 radical (unpaired) electrons. The summed E-state index contributed by atoms with van der Waals surface area (Å²) in [4.78, 5) is 32.2. The first-order chi connectivity index (χ1) is 16.0. The topological polar surface area (TPSA) is 162 Å². The van der Waals surface area contributed by atoms with E-state index in [1.54, 1.807) is 30.5 Å². The fourth-order valence-electron chi connectivity index (χ4n) is 3.79. The summed E-state index contributed by atoms with van der Waals surface area (Å²) in [7, 11) is 1.53. The van der Waals surface area contributed by atoms with Crippen LogP contribution < -0.4 is 21.3 Å². The number of methoxy groups -OCH3 is 1. The zero-order valence-corrected chi connectivity index (χ0v) is 17.9. The van der Waals surface area contributed by atoms with Crippen LogP contribution >= 0.6 is 0 Å². The fraction of sp³-hybridized carbons (Fsp3) is 0.273. The van der Waals surface area contributed by atoms with Crippen molar-refractivity contribution < 1.29 is 14.1 Å². The van der Waals surface area contributed by atoms with Crippen LogP contribution in [0, 0.1) is 0 Å². The molecule has 1 unspecified atom stereocenters. The highest BCUT2D eigenvalue weighted by atomic mass is 16.5. The minimum absolute atomic E-state index is 0.253. The molecule has 0 aliphatic heterocycles. The summed E-state index contributed by atoms with van der Waals surface area (Å²) in [5.74, 6) is 0.862. The van der Waals surface area contributed by atoms with Crippen LogP contribution in [-0.2, 0) is 10.3 Å². The Labute approximate surface area is 188 Å². The summed E-state index contributed by atoms with van der Waals surface area (Å²) in [5.41, 5.74) is 4.71. The van der Waals surface area contributed by atoms with Gasteiger partial charge >= 0.3 is 0 Å². The third-order valence-electron chi connectivity index (χ3n) is 5.43. The average Bonchev–Trinajstić information content (AvgIpc) is 3.38. The molecule has 0 fully saturated rings. The molecular weight excluding hydrogens is 426 g/mol. The fourth-order valence-corrected chi connectivity index (χ4v) is 3.79. The van der Waals surface area contributed by atoms with Gasteiger partial charge in [-0.2, -0.15) is 10.1 Å². The Kier molecular flexibility index (Phi) is 6.29.